The maximum absolute atomic E-state index is 13.9. The summed E-state index contributed by atoms with van der Waals surface area (Å²) in [6.45, 7) is 8.00. The molecule has 1 aliphatic heterocycles. The molecule has 206 valence electrons. The Kier molecular flexibility index (Phi) is 8.33. The zero-order valence-electron chi connectivity index (χ0n) is 21.3. The topological polar surface area (TPSA) is 116 Å². The number of rotatable bonds is 8. The van der Waals surface area contributed by atoms with Crippen molar-refractivity contribution in [3.63, 3.8) is 0 Å². The first-order valence-corrected chi connectivity index (χ1v) is 16.9. The second kappa shape index (κ2) is 11.2. The van der Waals surface area contributed by atoms with Crippen LogP contribution in [0, 0.1) is 0 Å². The van der Waals surface area contributed by atoms with Crippen LogP contribution in [0.5, 0.6) is 0 Å². The Morgan fingerprint density at radius 3 is 2.79 bits per heavy atom. The van der Waals surface area contributed by atoms with Gasteiger partial charge < -0.3 is 20.1 Å². The molecule has 2 atom stereocenters. The number of nitrogens with one attached hydrogen (secondary N) is 2. The minimum Gasteiger partial charge on any atom is -0.465 e. The van der Waals surface area contributed by atoms with Gasteiger partial charge in [-0.15, -0.1) is 0 Å². The second-order valence-corrected chi connectivity index (χ2v) is 17.0. The number of aromatic amines is 1. The number of carboxylic acid groups (broad SMARTS) is 1. The number of hydrogen-bond acceptors (Lipinski definition) is 6. The predicted octanol–water partition coefficient (Wildman–Crippen LogP) is 6.34. The summed E-state index contributed by atoms with van der Waals surface area (Å²) in [4.78, 5) is 20.7. The van der Waals surface area contributed by atoms with E-state index in [1.807, 2.05) is 0 Å². The molecule has 3 heterocycles. The lowest BCUT2D eigenvalue weighted by Gasteiger charge is -2.31. The molecule has 0 radical (unpaired) electrons. The van der Waals surface area contributed by atoms with E-state index in [9.17, 15) is 23.1 Å². The van der Waals surface area contributed by atoms with Gasteiger partial charge in [0.05, 0.1) is 5.52 Å². The van der Waals surface area contributed by atoms with E-state index in [-0.39, 0.29) is 34.9 Å². The highest BCUT2D eigenvalue weighted by Gasteiger charge is 2.37. The highest BCUT2D eigenvalue weighted by atomic mass is 79.9. The minimum atomic E-state index is -4.70. The molecule has 1 unspecified atom stereocenters. The maximum atomic E-state index is 13.9. The number of nitrogens with zero attached hydrogens (tertiary/aromatic N) is 4. The summed E-state index contributed by atoms with van der Waals surface area (Å²) in [6.07, 6.45) is -3.74. The number of carbonyl (C=O) groups is 1. The van der Waals surface area contributed by atoms with Crippen molar-refractivity contribution in [2.75, 3.05) is 25.0 Å². The van der Waals surface area contributed by atoms with Crippen LogP contribution in [-0.4, -0.2) is 70.1 Å². The zero-order valence-corrected chi connectivity index (χ0v) is 23.9. The molecule has 14 heteroatoms. The molecule has 1 amide bonds. The van der Waals surface area contributed by atoms with E-state index in [1.54, 1.807) is 18.2 Å². The van der Waals surface area contributed by atoms with Crippen LogP contribution < -0.4 is 5.32 Å². The standard InChI is InChI=1S/C24H30BrF3N6O3Si/c1-38(2,3)10-9-37-21(25)14-6-7-16-18(11-14)32-33-19(16)20-17(24(26,27)28)12-29-22(31-20)30-15-5-4-8-34(13-15)23(35)36/h6-7,11-12,15,21H,4-5,8-10,13H2,1-3H3,(H,32,33)(H,35,36)(H,29,30,31)/t15-,21?/m0/s1. The summed E-state index contributed by atoms with van der Waals surface area (Å²) in [5.41, 5.74) is 0.0305. The summed E-state index contributed by atoms with van der Waals surface area (Å²) >= 11 is 3.54. The number of benzene rings is 1. The van der Waals surface area contributed by atoms with Gasteiger partial charge in [-0.05, 0) is 30.5 Å². The number of likely N-dealkylation sites (tertiary alicyclic amines) is 1. The van der Waals surface area contributed by atoms with E-state index in [0.717, 1.165) is 17.8 Å². The van der Waals surface area contributed by atoms with Gasteiger partial charge in [-0.1, -0.05) is 47.7 Å². The molecule has 1 aromatic carbocycles. The fourth-order valence-electron chi connectivity index (χ4n) is 4.21. The first kappa shape index (κ1) is 28.3. The Bertz CT molecular complexity index is 1300. The average molecular weight is 616 g/mol. The lowest BCUT2D eigenvalue weighted by Crippen LogP contribution is -2.44. The number of H-pyrrole nitrogens is 1. The second-order valence-electron chi connectivity index (χ2n) is 10.5. The van der Waals surface area contributed by atoms with Crippen LogP contribution in [0.4, 0.5) is 23.9 Å². The van der Waals surface area contributed by atoms with Crippen molar-refractivity contribution in [3.8, 4) is 11.4 Å². The van der Waals surface area contributed by atoms with Gasteiger partial charge in [-0.25, -0.2) is 14.8 Å². The van der Waals surface area contributed by atoms with Gasteiger partial charge in [0, 0.05) is 45.4 Å². The Labute approximate surface area is 227 Å². The molecule has 1 aliphatic rings. The quantitative estimate of drug-likeness (QED) is 0.200. The molecule has 1 fully saturated rings. The molecule has 3 N–H and O–H groups in total. The van der Waals surface area contributed by atoms with Crippen LogP contribution in [0.25, 0.3) is 22.3 Å². The highest BCUT2D eigenvalue weighted by molar-refractivity contribution is 9.09. The lowest BCUT2D eigenvalue weighted by molar-refractivity contribution is -0.137. The average Bonchev–Trinajstić information content (AvgIpc) is 3.26. The predicted molar refractivity (Wildman–Crippen MR) is 144 cm³/mol. The van der Waals surface area contributed by atoms with Crippen molar-refractivity contribution < 1.29 is 27.8 Å². The van der Waals surface area contributed by atoms with Gasteiger partial charge in [0.2, 0.25) is 5.95 Å². The van der Waals surface area contributed by atoms with Crippen LogP contribution in [-0.2, 0) is 10.9 Å². The van der Waals surface area contributed by atoms with E-state index in [1.165, 1.54) is 4.90 Å². The van der Waals surface area contributed by atoms with Gasteiger partial charge in [0.15, 0.2) is 0 Å². The molecule has 4 rings (SSSR count). The third-order valence-electron chi connectivity index (χ3n) is 6.31. The molecule has 0 aliphatic carbocycles. The largest absolute Gasteiger partial charge is 0.465 e. The fourth-order valence-corrected chi connectivity index (χ4v) is 5.42. The number of aromatic nitrogens is 4. The molecule has 2 aromatic heterocycles. The van der Waals surface area contributed by atoms with Gasteiger partial charge in [0.1, 0.15) is 22.0 Å². The van der Waals surface area contributed by atoms with Crippen molar-refractivity contribution in [1.82, 2.24) is 25.1 Å². The van der Waals surface area contributed by atoms with Crippen LogP contribution in [0.2, 0.25) is 25.7 Å². The number of hydrogen-bond donors (Lipinski definition) is 3. The number of fused-ring (bicyclic) bond motifs is 1. The van der Waals surface area contributed by atoms with Crippen LogP contribution in [0.3, 0.4) is 0 Å². The van der Waals surface area contributed by atoms with Crippen molar-refractivity contribution >= 4 is 46.9 Å². The smallest absolute Gasteiger partial charge is 0.420 e. The Morgan fingerprint density at radius 1 is 1.34 bits per heavy atom. The first-order chi connectivity index (χ1) is 17.8. The number of halogens is 4. The molecule has 38 heavy (non-hydrogen) atoms. The van der Waals surface area contributed by atoms with E-state index in [4.69, 9.17) is 4.74 Å². The summed E-state index contributed by atoms with van der Waals surface area (Å²) in [5.74, 6) is -0.0191. The number of ether oxygens (including phenoxy) is 1. The van der Waals surface area contributed by atoms with Crippen LogP contribution in [0.1, 0.15) is 29.0 Å². The van der Waals surface area contributed by atoms with Crippen molar-refractivity contribution in [2.45, 2.75) is 55.8 Å². The van der Waals surface area contributed by atoms with Gasteiger partial charge in [-0.2, -0.15) is 18.3 Å². The highest BCUT2D eigenvalue weighted by Crippen LogP contribution is 2.38. The van der Waals surface area contributed by atoms with E-state index in [0.29, 0.717) is 36.9 Å². The van der Waals surface area contributed by atoms with Crippen LogP contribution >= 0.6 is 15.9 Å². The normalized spacial score (nSPS) is 17.6. The lowest BCUT2D eigenvalue weighted by atomic mass is 10.1. The molecular weight excluding hydrogens is 585 g/mol. The number of amides is 1. The molecule has 0 bridgehead atoms. The van der Waals surface area contributed by atoms with E-state index in [2.05, 4.69) is 61.1 Å². The van der Waals surface area contributed by atoms with Crippen molar-refractivity contribution in [3.05, 3.63) is 35.5 Å². The third kappa shape index (κ3) is 6.83. The Morgan fingerprint density at radius 2 is 2.11 bits per heavy atom. The molecular formula is C24H30BrF3N6O3Si. The Hall–Kier alpha value is -2.71. The SMILES string of the molecule is C[Si](C)(C)CCOC(Br)c1ccc2c(-c3nc(N[C@H]4CCCN(C(=O)O)C4)ncc3C(F)(F)F)n[nH]c2c1. The van der Waals surface area contributed by atoms with Crippen LogP contribution in [0.15, 0.2) is 24.4 Å². The molecule has 0 spiro atoms. The van der Waals surface area contributed by atoms with Gasteiger partial charge in [0.25, 0.3) is 0 Å². The van der Waals surface area contributed by atoms with Gasteiger partial charge >= 0.3 is 12.3 Å². The molecule has 9 nitrogen and oxygen atoms in total. The third-order valence-corrected chi connectivity index (χ3v) is 8.81. The molecule has 3 aromatic rings. The maximum Gasteiger partial charge on any atom is 0.420 e. The molecule has 0 saturated carbocycles. The fraction of sp³-hybridized carbons (Fsp3) is 0.500. The zero-order chi connectivity index (χ0) is 27.7. The molecule has 1 saturated heterocycles. The summed E-state index contributed by atoms with van der Waals surface area (Å²) in [5, 5.41) is 19.4. The summed E-state index contributed by atoms with van der Waals surface area (Å²) in [6, 6.07) is 5.95. The number of piperidine rings is 1. The van der Waals surface area contributed by atoms with E-state index >= 15 is 0 Å². The van der Waals surface area contributed by atoms with Gasteiger partial charge in [-0.3, -0.25) is 5.10 Å². The summed E-state index contributed by atoms with van der Waals surface area (Å²) < 4.78 is 47.7. The van der Waals surface area contributed by atoms with E-state index < -0.39 is 25.9 Å². The Balaban J connectivity index is 1.61. The monoisotopic (exact) mass is 614 g/mol. The van der Waals surface area contributed by atoms with Crippen molar-refractivity contribution in [1.29, 1.82) is 0 Å². The minimum absolute atomic E-state index is 0.0191. The number of alkyl halides is 4. The number of anilines is 1. The summed E-state index contributed by atoms with van der Waals surface area (Å²) in [7, 11) is -1.25. The van der Waals surface area contributed by atoms with Crippen molar-refractivity contribution in [2.24, 2.45) is 0 Å². The first-order valence-electron chi connectivity index (χ1n) is 12.2.